The van der Waals surface area contributed by atoms with E-state index in [0.717, 1.165) is 0 Å². The minimum Gasteiger partial charge on any atom is -0.388 e. The van der Waals surface area contributed by atoms with Gasteiger partial charge in [0, 0.05) is 6.04 Å². The minimum atomic E-state index is 0.702. The van der Waals surface area contributed by atoms with Crippen LogP contribution in [0.1, 0.15) is 59.3 Å². The van der Waals surface area contributed by atoms with Gasteiger partial charge in [-0.15, -0.1) is 0 Å². The highest BCUT2D eigenvalue weighted by Gasteiger charge is 2.03. The van der Waals surface area contributed by atoms with Crippen LogP contribution in [-0.2, 0) is 0 Å². The largest absolute Gasteiger partial charge is 0.388 e. The quantitative estimate of drug-likeness (QED) is 0.563. The van der Waals surface area contributed by atoms with E-state index in [9.17, 15) is 0 Å². The maximum atomic E-state index is 3.45. The predicted octanol–water partition coefficient (Wildman–Crippen LogP) is 3.86. The molecule has 0 aromatic carbocycles. The summed E-state index contributed by atoms with van der Waals surface area (Å²) in [5.41, 5.74) is 0. The van der Waals surface area contributed by atoms with Crippen molar-refractivity contribution in [1.82, 2.24) is 5.32 Å². The van der Waals surface area contributed by atoms with Crippen molar-refractivity contribution in [3.8, 4) is 0 Å². The van der Waals surface area contributed by atoms with Crippen LogP contribution in [0, 0.1) is 0 Å². The molecule has 0 aliphatic carbocycles. The van der Waals surface area contributed by atoms with Crippen LogP contribution in [0.15, 0.2) is 12.3 Å². The van der Waals surface area contributed by atoms with Crippen LogP contribution in [-0.4, -0.2) is 6.04 Å². The lowest BCUT2D eigenvalue weighted by Gasteiger charge is -2.16. The van der Waals surface area contributed by atoms with Crippen molar-refractivity contribution in [3.05, 3.63) is 12.3 Å². The summed E-state index contributed by atoms with van der Waals surface area (Å²) in [5, 5.41) is 3.45. The summed E-state index contributed by atoms with van der Waals surface area (Å²) in [4.78, 5) is 0. The number of hydrogen-bond acceptors (Lipinski definition) is 1. The molecular weight excluding hydrogens is 158 g/mol. The molecule has 13 heavy (non-hydrogen) atoms. The molecule has 0 saturated heterocycles. The SMILES string of the molecule is C/C=C/NC(CCC)CCCCC. The van der Waals surface area contributed by atoms with E-state index in [1.807, 2.05) is 0 Å². The van der Waals surface area contributed by atoms with Gasteiger partial charge in [0.05, 0.1) is 0 Å². The van der Waals surface area contributed by atoms with Gasteiger partial charge in [0.2, 0.25) is 0 Å². The van der Waals surface area contributed by atoms with E-state index in [-0.39, 0.29) is 0 Å². The molecule has 0 aromatic rings. The molecule has 0 bridgehead atoms. The summed E-state index contributed by atoms with van der Waals surface area (Å²) in [5.74, 6) is 0. The molecule has 0 amide bonds. The summed E-state index contributed by atoms with van der Waals surface area (Å²) in [6.45, 7) is 6.57. The van der Waals surface area contributed by atoms with Crippen LogP contribution in [0.3, 0.4) is 0 Å². The highest BCUT2D eigenvalue weighted by molar-refractivity contribution is 4.79. The van der Waals surface area contributed by atoms with E-state index in [0.29, 0.717) is 6.04 Å². The Hall–Kier alpha value is -0.460. The molecule has 0 rings (SSSR count). The van der Waals surface area contributed by atoms with Crippen molar-refractivity contribution < 1.29 is 0 Å². The fourth-order valence-corrected chi connectivity index (χ4v) is 1.53. The molecule has 1 unspecified atom stereocenters. The number of unbranched alkanes of at least 4 members (excludes halogenated alkanes) is 2. The van der Waals surface area contributed by atoms with Gasteiger partial charge in [-0.1, -0.05) is 45.6 Å². The highest BCUT2D eigenvalue weighted by Crippen LogP contribution is 2.08. The maximum absolute atomic E-state index is 3.45. The third kappa shape index (κ3) is 7.89. The predicted molar refractivity (Wildman–Crippen MR) is 60.8 cm³/mol. The third-order valence-electron chi connectivity index (χ3n) is 2.29. The Balaban J connectivity index is 3.53. The summed E-state index contributed by atoms with van der Waals surface area (Å²) in [6, 6.07) is 0.702. The topological polar surface area (TPSA) is 12.0 Å². The van der Waals surface area contributed by atoms with E-state index >= 15 is 0 Å². The van der Waals surface area contributed by atoms with Crippen LogP contribution in [0.25, 0.3) is 0 Å². The molecule has 0 radical (unpaired) electrons. The zero-order valence-corrected chi connectivity index (χ0v) is 9.47. The first-order chi connectivity index (χ1) is 6.35. The summed E-state index contributed by atoms with van der Waals surface area (Å²) in [6.07, 6.45) is 12.1. The second-order valence-corrected chi connectivity index (χ2v) is 3.65. The van der Waals surface area contributed by atoms with Crippen LogP contribution in [0.2, 0.25) is 0 Å². The molecule has 1 nitrogen and oxygen atoms in total. The second-order valence-electron chi connectivity index (χ2n) is 3.65. The molecular formula is C12H25N. The van der Waals surface area contributed by atoms with Crippen molar-refractivity contribution in [2.24, 2.45) is 0 Å². The second kappa shape index (κ2) is 9.63. The Morgan fingerprint density at radius 3 is 2.38 bits per heavy atom. The Morgan fingerprint density at radius 2 is 1.85 bits per heavy atom. The van der Waals surface area contributed by atoms with Crippen LogP contribution in [0.4, 0.5) is 0 Å². The van der Waals surface area contributed by atoms with Gasteiger partial charge < -0.3 is 5.32 Å². The zero-order chi connectivity index (χ0) is 9.94. The van der Waals surface area contributed by atoms with Crippen LogP contribution in [0.5, 0.6) is 0 Å². The van der Waals surface area contributed by atoms with E-state index in [1.54, 1.807) is 0 Å². The maximum Gasteiger partial charge on any atom is 0.0255 e. The van der Waals surface area contributed by atoms with Crippen LogP contribution >= 0.6 is 0 Å². The van der Waals surface area contributed by atoms with Crippen molar-refractivity contribution >= 4 is 0 Å². The Labute approximate surface area is 83.6 Å². The van der Waals surface area contributed by atoms with E-state index in [4.69, 9.17) is 0 Å². The Kier molecular flexibility index (Phi) is 9.29. The van der Waals surface area contributed by atoms with E-state index in [2.05, 4.69) is 38.4 Å². The van der Waals surface area contributed by atoms with Crippen molar-refractivity contribution in [1.29, 1.82) is 0 Å². The molecule has 0 spiro atoms. The van der Waals surface area contributed by atoms with Gasteiger partial charge in [-0.3, -0.25) is 0 Å². The standard InChI is InChI=1S/C12H25N/c1-4-7-8-10-12(9-5-2)13-11-6-3/h6,11-13H,4-5,7-10H2,1-3H3/b11-6+. The highest BCUT2D eigenvalue weighted by atomic mass is 14.9. The van der Waals surface area contributed by atoms with E-state index in [1.165, 1.54) is 38.5 Å². The number of rotatable bonds is 8. The van der Waals surface area contributed by atoms with Gasteiger partial charge in [0.25, 0.3) is 0 Å². The van der Waals surface area contributed by atoms with Crippen molar-refractivity contribution in [2.75, 3.05) is 0 Å². The molecule has 1 N–H and O–H groups in total. The average Bonchev–Trinajstić information content (AvgIpc) is 2.14. The average molecular weight is 183 g/mol. The fraction of sp³-hybridized carbons (Fsp3) is 0.833. The number of nitrogens with one attached hydrogen (secondary N) is 1. The molecule has 1 heteroatoms. The molecule has 0 aliphatic rings. The number of hydrogen-bond donors (Lipinski definition) is 1. The summed E-state index contributed by atoms with van der Waals surface area (Å²) < 4.78 is 0. The first kappa shape index (κ1) is 12.5. The van der Waals surface area contributed by atoms with E-state index < -0.39 is 0 Å². The summed E-state index contributed by atoms with van der Waals surface area (Å²) in [7, 11) is 0. The molecule has 78 valence electrons. The lowest BCUT2D eigenvalue weighted by Crippen LogP contribution is -2.23. The minimum absolute atomic E-state index is 0.702. The monoisotopic (exact) mass is 183 g/mol. The van der Waals surface area contributed by atoms with Gasteiger partial charge in [-0.05, 0) is 26.0 Å². The van der Waals surface area contributed by atoms with Gasteiger partial charge in [0.1, 0.15) is 0 Å². The lowest BCUT2D eigenvalue weighted by atomic mass is 10.0. The van der Waals surface area contributed by atoms with Crippen molar-refractivity contribution in [2.45, 2.75) is 65.3 Å². The zero-order valence-electron chi connectivity index (χ0n) is 9.47. The molecule has 0 saturated carbocycles. The lowest BCUT2D eigenvalue weighted by molar-refractivity contribution is 0.474. The first-order valence-electron chi connectivity index (χ1n) is 5.72. The molecule has 1 atom stereocenters. The fourth-order valence-electron chi connectivity index (χ4n) is 1.53. The smallest absolute Gasteiger partial charge is 0.0255 e. The van der Waals surface area contributed by atoms with Gasteiger partial charge in [-0.25, -0.2) is 0 Å². The normalized spacial score (nSPS) is 13.5. The van der Waals surface area contributed by atoms with Gasteiger partial charge >= 0.3 is 0 Å². The third-order valence-corrected chi connectivity index (χ3v) is 2.29. The van der Waals surface area contributed by atoms with Gasteiger partial charge in [-0.2, -0.15) is 0 Å². The number of allylic oxidation sites excluding steroid dienone is 1. The van der Waals surface area contributed by atoms with Crippen molar-refractivity contribution in [3.63, 3.8) is 0 Å². The first-order valence-corrected chi connectivity index (χ1v) is 5.72. The molecule has 0 aliphatic heterocycles. The molecule has 0 heterocycles. The molecule has 0 fully saturated rings. The van der Waals surface area contributed by atoms with Crippen LogP contribution < -0.4 is 5.32 Å². The Bertz CT molecular complexity index is 118. The molecule has 0 aromatic heterocycles. The summed E-state index contributed by atoms with van der Waals surface area (Å²) >= 11 is 0. The Morgan fingerprint density at radius 1 is 1.08 bits per heavy atom. The van der Waals surface area contributed by atoms with Gasteiger partial charge in [0.15, 0.2) is 0 Å².